The van der Waals surface area contributed by atoms with Crippen molar-refractivity contribution in [3.05, 3.63) is 29.8 Å². The van der Waals surface area contributed by atoms with E-state index in [2.05, 4.69) is 50.4 Å². The summed E-state index contributed by atoms with van der Waals surface area (Å²) in [6.45, 7) is 12.4. The summed E-state index contributed by atoms with van der Waals surface area (Å²) in [4.78, 5) is 11.7. The Bertz CT molecular complexity index is 605. The fraction of sp³-hybridized carbons (Fsp3) is 0.720. The Hall–Kier alpha value is -1.55. The number of carbonyl (C=O) groups excluding carboxylic acids is 1. The van der Waals surface area contributed by atoms with Gasteiger partial charge in [0.2, 0.25) is 0 Å². The van der Waals surface area contributed by atoms with E-state index in [9.17, 15) is 4.79 Å². The highest BCUT2D eigenvalue weighted by atomic mass is 16.5. The lowest BCUT2D eigenvalue weighted by molar-refractivity contribution is -0.147. The van der Waals surface area contributed by atoms with Crippen LogP contribution in [0.5, 0.6) is 5.75 Å². The molecule has 1 atom stereocenters. The van der Waals surface area contributed by atoms with Crippen molar-refractivity contribution in [2.45, 2.75) is 84.6 Å². The van der Waals surface area contributed by atoms with Crippen LogP contribution in [0.2, 0.25) is 0 Å². The molecule has 1 unspecified atom stereocenters. The lowest BCUT2D eigenvalue weighted by atomic mass is 9.59. The maximum Gasteiger partial charge on any atom is 0.308 e. The van der Waals surface area contributed by atoms with Gasteiger partial charge in [-0.15, -0.1) is 0 Å². The fourth-order valence-corrected chi connectivity index (χ4v) is 4.14. The Balaban J connectivity index is 2.03. The normalized spacial score (nSPS) is 16.5. The molecule has 4 heteroatoms. The Morgan fingerprint density at radius 3 is 2.31 bits per heavy atom. The maximum atomic E-state index is 11.7. The van der Waals surface area contributed by atoms with Gasteiger partial charge in [0.05, 0.1) is 12.5 Å². The van der Waals surface area contributed by atoms with Crippen LogP contribution in [-0.2, 0) is 14.9 Å². The highest BCUT2D eigenvalue weighted by Crippen LogP contribution is 2.48. The van der Waals surface area contributed by atoms with Crippen LogP contribution >= 0.6 is 0 Å². The molecule has 0 saturated heterocycles. The van der Waals surface area contributed by atoms with E-state index < -0.39 is 0 Å². The number of hydrogen-bond acceptors (Lipinski definition) is 4. The minimum atomic E-state index is -0.121. The fourth-order valence-electron chi connectivity index (χ4n) is 4.14. The van der Waals surface area contributed by atoms with Crippen LogP contribution in [0.25, 0.3) is 0 Å². The van der Waals surface area contributed by atoms with Gasteiger partial charge in [-0.2, -0.15) is 0 Å². The quantitative estimate of drug-likeness (QED) is 0.349. The summed E-state index contributed by atoms with van der Waals surface area (Å²) in [7, 11) is 0. The second-order valence-corrected chi connectivity index (χ2v) is 9.19. The van der Waals surface area contributed by atoms with Crippen molar-refractivity contribution in [3.63, 3.8) is 0 Å². The summed E-state index contributed by atoms with van der Waals surface area (Å²) < 4.78 is 11.2. The van der Waals surface area contributed by atoms with Crippen LogP contribution < -0.4 is 10.1 Å². The van der Waals surface area contributed by atoms with Gasteiger partial charge < -0.3 is 14.8 Å². The zero-order valence-electron chi connectivity index (χ0n) is 19.1. The van der Waals surface area contributed by atoms with E-state index in [-0.39, 0.29) is 17.3 Å². The molecular formula is C25H41NO3. The third-order valence-electron chi connectivity index (χ3n) is 6.02. The summed E-state index contributed by atoms with van der Waals surface area (Å²) in [5.74, 6) is 1.38. The average molecular weight is 404 g/mol. The second kappa shape index (κ2) is 11.6. The van der Waals surface area contributed by atoms with Crippen molar-refractivity contribution in [2.24, 2.45) is 11.8 Å². The number of benzene rings is 1. The average Bonchev–Trinajstić information content (AvgIpc) is 2.64. The van der Waals surface area contributed by atoms with Gasteiger partial charge in [-0.05, 0) is 49.3 Å². The van der Waals surface area contributed by atoms with Gasteiger partial charge in [0.1, 0.15) is 12.4 Å². The summed E-state index contributed by atoms with van der Waals surface area (Å²) in [5.41, 5.74) is 1.58. The predicted octanol–water partition coefficient (Wildman–Crippen LogP) is 5.49. The number of ether oxygens (including phenoxy) is 2. The molecule has 0 aliphatic heterocycles. The summed E-state index contributed by atoms with van der Waals surface area (Å²) in [6, 6.07) is 9.16. The third-order valence-corrected chi connectivity index (χ3v) is 6.02. The second-order valence-electron chi connectivity index (χ2n) is 9.19. The SMILES string of the molecule is CCCCOc1ccc(C2(C(CC(C)C)NCCOC(=O)C(C)C)CCC2)cc1. The molecule has 1 saturated carbocycles. The van der Waals surface area contributed by atoms with Gasteiger partial charge in [0, 0.05) is 18.0 Å². The van der Waals surface area contributed by atoms with Gasteiger partial charge >= 0.3 is 5.97 Å². The van der Waals surface area contributed by atoms with Gasteiger partial charge in [0.25, 0.3) is 0 Å². The molecule has 2 rings (SSSR count). The number of nitrogens with one attached hydrogen (secondary N) is 1. The Morgan fingerprint density at radius 1 is 1.10 bits per heavy atom. The van der Waals surface area contributed by atoms with Crippen LogP contribution in [0, 0.1) is 11.8 Å². The summed E-state index contributed by atoms with van der Waals surface area (Å²) in [6.07, 6.45) is 7.04. The standard InChI is InChI=1S/C25H41NO3/c1-6-7-16-28-22-11-9-21(10-12-22)25(13-8-14-25)23(18-19(2)3)26-15-17-29-24(27)20(4)5/h9-12,19-20,23,26H,6-8,13-18H2,1-5H3. The predicted molar refractivity (Wildman–Crippen MR) is 119 cm³/mol. The first-order valence-corrected chi connectivity index (χ1v) is 11.5. The van der Waals surface area contributed by atoms with Crippen LogP contribution in [0.3, 0.4) is 0 Å². The smallest absolute Gasteiger partial charge is 0.308 e. The lowest BCUT2D eigenvalue weighted by Crippen LogP contribution is -2.54. The zero-order valence-corrected chi connectivity index (χ0v) is 19.1. The molecule has 0 amide bonds. The topological polar surface area (TPSA) is 47.6 Å². The monoisotopic (exact) mass is 403 g/mol. The molecule has 1 fully saturated rings. The van der Waals surface area contributed by atoms with E-state index in [0.29, 0.717) is 25.1 Å². The van der Waals surface area contributed by atoms with Crippen LogP contribution in [0.1, 0.15) is 78.7 Å². The Labute approximate surface area is 177 Å². The molecule has 0 radical (unpaired) electrons. The minimum absolute atomic E-state index is 0.0718. The van der Waals surface area contributed by atoms with Gasteiger partial charge in [0.15, 0.2) is 0 Å². The van der Waals surface area contributed by atoms with Crippen molar-refractivity contribution in [1.82, 2.24) is 5.32 Å². The molecule has 1 N–H and O–H groups in total. The Kier molecular flexibility index (Phi) is 9.48. The molecule has 29 heavy (non-hydrogen) atoms. The molecule has 0 aromatic heterocycles. The molecule has 164 valence electrons. The molecule has 4 nitrogen and oxygen atoms in total. The molecule has 0 bridgehead atoms. The molecule has 1 aliphatic rings. The molecule has 0 spiro atoms. The van der Waals surface area contributed by atoms with Crippen molar-refractivity contribution in [1.29, 1.82) is 0 Å². The van der Waals surface area contributed by atoms with E-state index in [4.69, 9.17) is 9.47 Å². The first-order chi connectivity index (χ1) is 13.9. The van der Waals surface area contributed by atoms with Crippen LogP contribution in [0.4, 0.5) is 0 Å². The van der Waals surface area contributed by atoms with E-state index >= 15 is 0 Å². The molecular weight excluding hydrogens is 362 g/mol. The summed E-state index contributed by atoms with van der Waals surface area (Å²) in [5, 5.41) is 3.73. The van der Waals surface area contributed by atoms with E-state index in [1.165, 1.54) is 24.8 Å². The van der Waals surface area contributed by atoms with Gasteiger partial charge in [-0.3, -0.25) is 4.79 Å². The van der Waals surface area contributed by atoms with Crippen molar-refractivity contribution in [3.8, 4) is 5.75 Å². The highest BCUT2D eigenvalue weighted by molar-refractivity contribution is 5.71. The first-order valence-electron chi connectivity index (χ1n) is 11.5. The minimum Gasteiger partial charge on any atom is -0.494 e. The number of hydrogen-bond donors (Lipinski definition) is 1. The van der Waals surface area contributed by atoms with Crippen molar-refractivity contribution < 1.29 is 14.3 Å². The molecule has 0 heterocycles. The van der Waals surface area contributed by atoms with Crippen molar-refractivity contribution in [2.75, 3.05) is 19.8 Å². The van der Waals surface area contributed by atoms with Gasteiger partial charge in [-0.25, -0.2) is 0 Å². The maximum absolute atomic E-state index is 11.7. The largest absolute Gasteiger partial charge is 0.494 e. The molecule has 1 aromatic carbocycles. The number of unbranched alkanes of at least 4 members (excludes halogenated alkanes) is 1. The van der Waals surface area contributed by atoms with Crippen molar-refractivity contribution >= 4 is 5.97 Å². The van der Waals surface area contributed by atoms with E-state index in [0.717, 1.165) is 31.6 Å². The summed E-state index contributed by atoms with van der Waals surface area (Å²) >= 11 is 0. The third kappa shape index (κ3) is 6.74. The highest BCUT2D eigenvalue weighted by Gasteiger charge is 2.45. The number of esters is 1. The van der Waals surface area contributed by atoms with Crippen LogP contribution in [-0.4, -0.2) is 31.8 Å². The van der Waals surface area contributed by atoms with E-state index in [1.807, 2.05) is 13.8 Å². The lowest BCUT2D eigenvalue weighted by Gasteiger charge is -2.49. The first kappa shape index (κ1) is 23.7. The Morgan fingerprint density at radius 2 is 1.79 bits per heavy atom. The molecule has 1 aromatic rings. The zero-order chi connectivity index (χ0) is 21.3. The number of rotatable bonds is 13. The van der Waals surface area contributed by atoms with Gasteiger partial charge in [-0.1, -0.05) is 59.6 Å². The molecule has 1 aliphatic carbocycles. The van der Waals surface area contributed by atoms with E-state index in [1.54, 1.807) is 0 Å². The number of carbonyl (C=O) groups is 1. The van der Waals surface area contributed by atoms with Crippen LogP contribution in [0.15, 0.2) is 24.3 Å².